The van der Waals surface area contributed by atoms with Gasteiger partial charge >= 0.3 is 0 Å². The fraction of sp³-hybridized carbons (Fsp3) is 0.182. The molecule has 0 amide bonds. The normalized spacial score (nSPS) is 9.86. The molecule has 0 fully saturated rings. The number of halogens is 2. The van der Waals surface area contributed by atoms with E-state index in [-0.39, 0.29) is 12.4 Å². The van der Waals surface area contributed by atoms with Crippen molar-refractivity contribution in [2.45, 2.75) is 12.8 Å². The molecule has 3 heteroatoms. The second-order valence-corrected chi connectivity index (χ2v) is 3.33. The molecule has 0 unspecified atom stereocenters. The first kappa shape index (κ1) is 11.3. The van der Waals surface area contributed by atoms with Gasteiger partial charge in [0.15, 0.2) is 0 Å². The monoisotopic (exact) mass is 227 g/mol. The van der Waals surface area contributed by atoms with Gasteiger partial charge in [-0.1, -0.05) is 24.3 Å². The molecule has 0 aliphatic heterocycles. The summed E-state index contributed by atoms with van der Waals surface area (Å²) in [5.74, 6) is 0.473. The number of pyridine rings is 1. The van der Waals surface area contributed by atoms with Gasteiger partial charge in [-0.3, -0.25) is 4.98 Å². The van der Waals surface area contributed by atoms with Crippen LogP contribution in [0.4, 0.5) is 0 Å². The molecule has 0 saturated carbocycles. The summed E-state index contributed by atoms with van der Waals surface area (Å²) in [7, 11) is 0. The van der Waals surface area contributed by atoms with Gasteiger partial charge < -0.3 is 0 Å². The Bertz CT molecular complexity index is 440. The van der Waals surface area contributed by atoms with Crippen LogP contribution >= 0.6 is 24.0 Å². The minimum Gasteiger partial charge on any atom is -0.259 e. The van der Waals surface area contributed by atoms with Gasteiger partial charge in [0, 0.05) is 11.6 Å². The van der Waals surface area contributed by atoms with Gasteiger partial charge in [-0.15, -0.1) is 24.0 Å². The van der Waals surface area contributed by atoms with Gasteiger partial charge in [0.1, 0.15) is 0 Å². The van der Waals surface area contributed by atoms with Crippen LogP contribution in [0, 0.1) is 6.92 Å². The van der Waals surface area contributed by atoms with Crippen LogP contribution in [0.15, 0.2) is 30.5 Å². The highest BCUT2D eigenvalue weighted by Gasteiger charge is 2.02. The minimum absolute atomic E-state index is 0. The minimum atomic E-state index is 0. The molecule has 2 rings (SSSR count). The summed E-state index contributed by atoms with van der Waals surface area (Å²) in [6.07, 6.45) is 1.88. The largest absolute Gasteiger partial charge is 0.259 e. The summed E-state index contributed by atoms with van der Waals surface area (Å²) in [5.41, 5.74) is 2.16. The molecule has 0 aliphatic carbocycles. The highest BCUT2D eigenvalue weighted by Crippen LogP contribution is 2.20. The molecule has 0 aliphatic rings. The Morgan fingerprint density at radius 3 is 2.50 bits per heavy atom. The van der Waals surface area contributed by atoms with Crippen LogP contribution in [0.5, 0.6) is 0 Å². The van der Waals surface area contributed by atoms with E-state index in [1.807, 2.05) is 18.3 Å². The third-order valence-corrected chi connectivity index (χ3v) is 2.46. The number of fused-ring (bicyclic) bond motifs is 1. The summed E-state index contributed by atoms with van der Waals surface area (Å²) < 4.78 is 0. The number of hydrogen-bond acceptors (Lipinski definition) is 1. The number of benzene rings is 1. The van der Waals surface area contributed by atoms with Crippen molar-refractivity contribution < 1.29 is 0 Å². The lowest BCUT2D eigenvalue weighted by Crippen LogP contribution is -1.89. The van der Waals surface area contributed by atoms with Crippen LogP contribution in [-0.4, -0.2) is 4.98 Å². The van der Waals surface area contributed by atoms with Crippen molar-refractivity contribution in [3.8, 4) is 0 Å². The van der Waals surface area contributed by atoms with E-state index in [1.165, 1.54) is 10.9 Å². The average molecular weight is 228 g/mol. The van der Waals surface area contributed by atoms with E-state index in [9.17, 15) is 0 Å². The molecule has 1 aromatic heterocycles. The summed E-state index contributed by atoms with van der Waals surface area (Å²) >= 11 is 5.80. The molecule has 0 radical (unpaired) electrons. The molecule has 2 aromatic rings. The van der Waals surface area contributed by atoms with E-state index in [0.717, 1.165) is 11.1 Å². The maximum absolute atomic E-state index is 5.80. The topological polar surface area (TPSA) is 12.9 Å². The average Bonchev–Trinajstić information content (AvgIpc) is 2.19. The zero-order chi connectivity index (χ0) is 9.26. The SMILES string of the molecule is Cc1cnc(CCl)c2ccccc12.Cl. The summed E-state index contributed by atoms with van der Waals surface area (Å²) in [6.45, 7) is 2.06. The molecule has 1 aromatic carbocycles. The number of nitrogens with zero attached hydrogens (tertiary/aromatic N) is 1. The van der Waals surface area contributed by atoms with Crippen molar-refractivity contribution in [3.05, 3.63) is 41.7 Å². The maximum Gasteiger partial charge on any atom is 0.0653 e. The Morgan fingerprint density at radius 2 is 1.86 bits per heavy atom. The van der Waals surface area contributed by atoms with Crippen molar-refractivity contribution in [2.75, 3.05) is 0 Å². The first-order valence-electron chi connectivity index (χ1n) is 4.22. The Labute approximate surface area is 94.5 Å². The Balaban J connectivity index is 0.000000980. The van der Waals surface area contributed by atoms with E-state index in [1.54, 1.807) is 0 Å². The second-order valence-electron chi connectivity index (χ2n) is 3.07. The number of hydrogen-bond donors (Lipinski definition) is 0. The first-order chi connectivity index (χ1) is 6.33. The molecule has 1 heterocycles. The van der Waals surface area contributed by atoms with E-state index < -0.39 is 0 Å². The van der Waals surface area contributed by atoms with Gasteiger partial charge in [0.2, 0.25) is 0 Å². The maximum atomic E-state index is 5.80. The van der Waals surface area contributed by atoms with Gasteiger partial charge in [-0.05, 0) is 17.9 Å². The third kappa shape index (κ3) is 1.84. The summed E-state index contributed by atoms with van der Waals surface area (Å²) in [5, 5.41) is 2.41. The molecule has 1 nitrogen and oxygen atoms in total. The van der Waals surface area contributed by atoms with Crippen molar-refractivity contribution in [1.29, 1.82) is 0 Å². The highest BCUT2D eigenvalue weighted by atomic mass is 35.5. The van der Waals surface area contributed by atoms with Gasteiger partial charge in [0.05, 0.1) is 11.6 Å². The molecule has 0 N–H and O–H groups in total. The number of aromatic nitrogens is 1. The number of rotatable bonds is 1. The van der Waals surface area contributed by atoms with Gasteiger partial charge in [0.25, 0.3) is 0 Å². The van der Waals surface area contributed by atoms with Crippen molar-refractivity contribution in [3.63, 3.8) is 0 Å². The van der Waals surface area contributed by atoms with E-state index in [4.69, 9.17) is 11.6 Å². The van der Waals surface area contributed by atoms with Crippen LogP contribution in [0.25, 0.3) is 10.8 Å². The van der Waals surface area contributed by atoms with E-state index in [0.29, 0.717) is 5.88 Å². The molecular weight excluding hydrogens is 217 g/mol. The van der Waals surface area contributed by atoms with Crippen LogP contribution < -0.4 is 0 Å². The molecule has 0 atom stereocenters. The molecule has 0 spiro atoms. The Morgan fingerprint density at radius 1 is 1.21 bits per heavy atom. The van der Waals surface area contributed by atoms with Crippen molar-refractivity contribution >= 4 is 34.8 Å². The number of alkyl halides is 1. The standard InChI is InChI=1S/C11H10ClN.ClH/c1-8-7-13-11(6-12)10-5-3-2-4-9(8)10;/h2-5,7H,6H2,1H3;1H. The summed E-state index contributed by atoms with van der Waals surface area (Å²) in [6, 6.07) is 8.21. The quantitative estimate of drug-likeness (QED) is 0.678. The van der Waals surface area contributed by atoms with Gasteiger partial charge in [-0.2, -0.15) is 0 Å². The first-order valence-corrected chi connectivity index (χ1v) is 4.75. The van der Waals surface area contributed by atoms with E-state index in [2.05, 4.69) is 24.0 Å². The second kappa shape index (κ2) is 4.63. The van der Waals surface area contributed by atoms with Crippen molar-refractivity contribution in [2.24, 2.45) is 0 Å². The lowest BCUT2D eigenvalue weighted by atomic mass is 10.1. The molecule has 14 heavy (non-hydrogen) atoms. The van der Waals surface area contributed by atoms with E-state index >= 15 is 0 Å². The summed E-state index contributed by atoms with van der Waals surface area (Å²) in [4.78, 5) is 4.29. The lowest BCUT2D eigenvalue weighted by molar-refractivity contribution is 1.18. The molecule has 0 bridgehead atoms. The zero-order valence-corrected chi connectivity index (χ0v) is 9.40. The van der Waals surface area contributed by atoms with Crippen molar-refractivity contribution in [1.82, 2.24) is 4.98 Å². The van der Waals surface area contributed by atoms with Gasteiger partial charge in [-0.25, -0.2) is 0 Å². The predicted molar refractivity (Wildman–Crippen MR) is 63.3 cm³/mol. The predicted octanol–water partition coefficient (Wildman–Crippen LogP) is 3.70. The fourth-order valence-corrected chi connectivity index (χ4v) is 1.71. The fourth-order valence-electron chi connectivity index (χ4n) is 1.50. The third-order valence-electron chi connectivity index (χ3n) is 2.20. The van der Waals surface area contributed by atoms with Crippen LogP contribution in [0.1, 0.15) is 11.3 Å². The molecule has 74 valence electrons. The smallest absolute Gasteiger partial charge is 0.0653 e. The highest BCUT2D eigenvalue weighted by molar-refractivity contribution is 6.17. The van der Waals surface area contributed by atoms with Crippen LogP contribution in [-0.2, 0) is 5.88 Å². The lowest BCUT2D eigenvalue weighted by Gasteiger charge is -2.04. The number of aryl methyl sites for hydroxylation is 1. The Hall–Kier alpha value is -0.790. The van der Waals surface area contributed by atoms with Crippen LogP contribution in [0.2, 0.25) is 0 Å². The van der Waals surface area contributed by atoms with Crippen LogP contribution in [0.3, 0.4) is 0 Å². The zero-order valence-electron chi connectivity index (χ0n) is 7.83. The molecule has 0 saturated heterocycles. The molecular formula is C11H11Cl2N. The Kier molecular flexibility index (Phi) is 3.73.